The normalized spacial score (nSPS) is 11.2. The molecule has 0 N–H and O–H groups in total. The zero-order valence-corrected chi connectivity index (χ0v) is 9.85. The Bertz CT molecular complexity index is 88.0. The van der Waals surface area contributed by atoms with E-state index in [1.165, 1.54) is 37.2 Å². The Morgan fingerprint density at radius 2 is 1.25 bits per heavy atom. The lowest BCUT2D eigenvalue weighted by Crippen LogP contribution is -1.73. The fourth-order valence-electron chi connectivity index (χ4n) is 0.670. The van der Waals surface area contributed by atoms with Gasteiger partial charge in [0.25, 0.3) is 0 Å². The lowest BCUT2D eigenvalue weighted by atomic mass is 10.4. The first-order valence-electron chi connectivity index (χ1n) is 4.80. The number of thioether (sulfide) groups is 2. The minimum absolute atomic E-state index is 1.28. The van der Waals surface area contributed by atoms with Crippen molar-refractivity contribution in [1.29, 1.82) is 0 Å². The van der Waals surface area contributed by atoms with E-state index >= 15 is 0 Å². The van der Waals surface area contributed by atoms with E-state index in [4.69, 9.17) is 0 Å². The van der Waals surface area contributed by atoms with Crippen LogP contribution in [-0.4, -0.2) is 11.5 Å². The molecule has 0 aliphatic rings. The van der Waals surface area contributed by atoms with Gasteiger partial charge in [0.05, 0.1) is 0 Å². The molecule has 0 rings (SSSR count). The summed E-state index contributed by atoms with van der Waals surface area (Å²) in [4.78, 5) is 0. The number of unbranched alkanes of at least 4 members (excludes halogenated alkanes) is 2. The second kappa shape index (κ2) is 11.4. The van der Waals surface area contributed by atoms with E-state index in [2.05, 4.69) is 24.7 Å². The molecule has 0 saturated heterocycles. The van der Waals surface area contributed by atoms with E-state index in [9.17, 15) is 0 Å². The average molecular weight is 204 g/mol. The van der Waals surface area contributed by atoms with E-state index in [1.54, 1.807) is 0 Å². The molecule has 0 aliphatic heterocycles. The largest absolute Gasteiger partial charge is 0.134 e. The monoisotopic (exact) mass is 204 g/mol. The van der Waals surface area contributed by atoms with Crippen LogP contribution in [0.15, 0.2) is 10.8 Å². The van der Waals surface area contributed by atoms with Gasteiger partial charge < -0.3 is 0 Å². The van der Waals surface area contributed by atoms with Crippen molar-refractivity contribution < 1.29 is 0 Å². The van der Waals surface area contributed by atoms with E-state index in [-0.39, 0.29) is 0 Å². The van der Waals surface area contributed by atoms with Crippen LogP contribution in [0.2, 0.25) is 0 Å². The predicted octanol–water partition coefficient (Wildman–Crippen LogP) is 4.52. The van der Waals surface area contributed by atoms with E-state index < -0.39 is 0 Å². The first kappa shape index (κ1) is 12.4. The Morgan fingerprint density at radius 3 is 1.58 bits per heavy atom. The van der Waals surface area contributed by atoms with Crippen molar-refractivity contribution in [3.63, 3.8) is 0 Å². The molecule has 72 valence electrons. The molecular weight excluding hydrogens is 184 g/mol. The van der Waals surface area contributed by atoms with Crippen LogP contribution >= 0.6 is 23.5 Å². The summed E-state index contributed by atoms with van der Waals surface area (Å²) >= 11 is 3.87. The SMILES string of the molecule is CCCCS/C=C\SCCCC. The number of rotatable bonds is 8. The van der Waals surface area contributed by atoms with Gasteiger partial charge >= 0.3 is 0 Å². The molecule has 0 aromatic rings. The fraction of sp³-hybridized carbons (Fsp3) is 0.800. The van der Waals surface area contributed by atoms with Crippen molar-refractivity contribution in [2.45, 2.75) is 39.5 Å². The summed E-state index contributed by atoms with van der Waals surface area (Å²) < 4.78 is 0. The van der Waals surface area contributed by atoms with Crippen molar-refractivity contribution in [3.8, 4) is 0 Å². The average Bonchev–Trinajstić information content (AvgIpc) is 2.10. The van der Waals surface area contributed by atoms with Crippen LogP contribution in [0.1, 0.15) is 39.5 Å². The summed E-state index contributed by atoms with van der Waals surface area (Å²) in [7, 11) is 0. The highest BCUT2D eigenvalue weighted by Crippen LogP contribution is 2.11. The zero-order chi connectivity index (χ0) is 9.07. The van der Waals surface area contributed by atoms with E-state index in [0.29, 0.717) is 0 Å². The quantitative estimate of drug-likeness (QED) is 0.533. The van der Waals surface area contributed by atoms with Crippen molar-refractivity contribution in [3.05, 3.63) is 10.8 Å². The molecule has 0 fully saturated rings. The highest BCUT2D eigenvalue weighted by Gasteiger charge is 1.83. The van der Waals surface area contributed by atoms with Crippen LogP contribution in [0, 0.1) is 0 Å². The molecule has 0 aliphatic carbocycles. The van der Waals surface area contributed by atoms with Crippen molar-refractivity contribution >= 4 is 23.5 Å². The van der Waals surface area contributed by atoms with Gasteiger partial charge in [0, 0.05) is 0 Å². The highest BCUT2D eigenvalue weighted by molar-refractivity contribution is 8.05. The minimum Gasteiger partial charge on any atom is -0.134 e. The Balaban J connectivity index is 2.93. The van der Waals surface area contributed by atoms with Crippen LogP contribution in [0.5, 0.6) is 0 Å². The summed E-state index contributed by atoms with van der Waals surface area (Å²) in [5.41, 5.74) is 0. The molecule has 0 spiro atoms. The van der Waals surface area contributed by atoms with Gasteiger partial charge in [-0.05, 0) is 35.2 Å². The molecule has 0 aromatic heterocycles. The second-order valence-electron chi connectivity index (χ2n) is 2.72. The van der Waals surface area contributed by atoms with Crippen LogP contribution in [0.4, 0.5) is 0 Å². The molecule has 0 heterocycles. The standard InChI is InChI=1S/C10H20S2/c1-3-5-7-11-9-10-12-8-6-4-2/h9-10H,3-8H2,1-2H3/b10-9-. The lowest BCUT2D eigenvalue weighted by molar-refractivity contribution is 0.897. The van der Waals surface area contributed by atoms with Crippen LogP contribution < -0.4 is 0 Å². The summed E-state index contributed by atoms with van der Waals surface area (Å²) in [6.45, 7) is 4.47. The molecule has 0 radical (unpaired) electrons. The van der Waals surface area contributed by atoms with Crippen molar-refractivity contribution in [2.24, 2.45) is 0 Å². The Hall–Kier alpha value is 0.440. The molecule has 0 amide bonds. The maximum atomic E-state index is 2.24. The predicted molar refractivity (Wildman–Crippen MR) is 63.9 cm³/mol. The lowest BCUT2D eigenvalue weighted by Gasteiger charge is -1.93. The van der Waals surface area contributed by atoms with Gasteiger partial charge in [-0.1, -0.05) is 26.7 Å². The van der Waals surface area contributed by atoms with Crippen LogP contribution in [0.25, 0.3) is 0 Å². The summed E-state index contributed by atoms with van der Waals surface area (Å²) in [5.74, 6) is 2.56. The third-order valence-electron chi connectivity index (χ3n) is 1.48. The van der Waals surface area contributed by atoms with E-state index in [0.717, 1.165) is 0 Å². The molecule has 0 bridgehead atoms. The third-order valence-corrected chi connectivity index (χ3v) is 3.36. The molecule has 2 heteroatoms. The maximum absolute atomic E-state index is 2.24. The molecule has 0 nitrogen and oxygen atoms in total. The summed E-state index contributed by atoms with van der Waals surface area (Å²) in [6, 6.07) is 0. The van der Waals surface area contributed by atoms with Crippen molar-refractivity contribution in [1.82, 2.24) is 0 Å². The van der Waals surface area contributed by atoms with Gasteiger partial charge in [-0.2, -0.15) is 0 Å². The van der Waals surface area contributed by atoms with Gasteiger partial charge in [0.2, 0.25) is 0 Å². The molecular formula is C10H20S2. The third kappa shape index (κ3) is 10.4. The van der Waals surface area contributed by atoms with E-state index in [1.807, 2.05) is 23.5 Å². The summed E-state index contributed by atoms with van der Waals surface area (Å²) in [6.07, 6.45) is 5.30. The first-order chi connectivity index (χ1) is 5.91. The Labute approximate surface area is 85.6 Å². The molecule has 12 heavy (non-hydrogen) atoms. The van der Waals surface area contributed by atoms with Gasteiger partial charge in [-0.3, -0.25) is 0 Å². The number of hydrogen-bond donors (Lipinski definition) is 0. The minimum atomic E-state index is 1.28. The molecule has 0 atom stereocenters. The van der Waals surface area contributed by atoms with Gasteiger partial charge in [-0.15, -0.1) is 23.5 Å². The van der Waals surface area contributed by atoms with Gasteiger partial charge in [0.1, 0.15) is 0 Å². The first-order valence-corrected chi connectivity index (χ1v) is 6.89. The summed E-state index contributed by atoms with van der Waals surface area (Å²) in [5, 5.41) is 4.46. The molecule has 0 aromatic carbocycles. The van der Waals surface area contributed by atoms with Crippen molar-refractivity contribution in [2.75, 3.05) is 11.5 Å². The van der Waals surface area contributed by atoms with Gasteiger partial charge in [-0.25, -0.2) is 0 Å². The van der Waals surface area contributed by atoms with Crippen LogP contribution in [0.3, 0.4) is 0 Å². The second-order valence-corrected chi connectivity index (χ2v) is 4.75. The maximum Gasteiger partial charge on any atom is -0.00259 e. The highest BCUT2D eigenvalue weighted by atomic mass is 32.2. The smallest absolute Gasteiger partial charge is 0.00259 e. The Kier molecular flexibility index (Phi) is 11.9. The zero-order valence-electron chi connectivity index (χ0n) is 8.21. The number of hydrogen-bond acceptors (Lipinski definition) is 2. The van der Waals surface area contributed by atoms with Gasteiger partial charge in [0.15, 0.2) is 0 Å². The molecule has 0 unspecified atom stereocenters. The van der Waals surface area contributed by atoms with Crippen LogP contribution in [-0.2, 0) is 0 Å². The Morgan fingerprint density at radius 1 is 0.833 bits per heavy atom. The topological polar surface area (TPSA) is 0 Å². The fourth-order valence-corrected chi connectivity index (χ4v) is 2.48. The molecule has 0 saturated carbocycles.